The first-order valence-corrected chi connectivity index (χ1v) is 6.92. The van der Waals surface area contributed by atoms with Gasteiger partial charge in [-0.1, -0.05) is 42.5 Å². The molecule has 1 unspecified atom stereocenters. The molecule has 1 atom stereocenters. The Labute approximate surface area is 123 Å². The maximum atomic E-state index is 5.84. The summed E-state index contributed by atoms with van der Waals surface area (Å²) >= 11 is 0. The fourth-order valence-electron chi connectivity index (χ4n) is 2.40. The van der Waals surface area contributed by atoms with Crippen molar-refractivity contribution in [1.82, 2.24) is 20.2 Å². The number of nitrogen functional groups attached to an aromatic ring is 1. The van der Waals surface area contributed by atoms with Crippen molar-refractivity contribution in [2.75, 3.05) is 5.73 Å². The number of anilines is 1. The van der Waals surface area contributed by atoms with Crippen molar-refractivity contribution in [2.24, 2.45) is 0 Å². The largest absolute Gasteiger partial charge is 0.399 e. The maximum Gasteiger partial charge on any atom is 0.182 e. The van der Waals surface area contributed by atoms with Crippen molar-refractivity contribution >= 4 is 5.69 Å². The molecule has 0 bridgehead atoms. The van der Waals surface area contributed by atoms with E-state index in [1.165, 1.54) is 5.56 Å². The van der Waals surface area contributed by atoms with Crippen LogP contribution in [0, 0.1) is 0 Å². The molecule has 0 spiro atoms. The summed E-state index contributed by atoms with van der Waals surface area (Å²) in [4.78, 5) is 0. The monoisotopic (exact) mass is 279 g/mol. The lowest BCUT2D eigenvalue weighted by atomic mass is 10.1. The van der Waals surface area contributed by atoms with Gasteiger partial charge < -0.3 is 5.73 Å². The summed E-state index contributed by atoms with van der Waals surface area (Å²) in [6.07, 6.45) is 0.876. The highest BCUT2D eigenvalue weighted by atomic mass is 15.5. The highest BCUT2D eigenvalue weighted by Crippen LogP contribution is 2.22. The smallest absolute Gasteiger partial charge is 0.182 e. The molecule has 3 rings (SSSR count). The molecule has 0 amide bonds. The average Bonchev–Trinajstić information content (AvgIpc) is 2.98. The zero-order chi connectivity index (χ0) is 14.7. The molecule has 0 saturated carbocycles. The van der Waals surface area contributed by atoms with E-state index >= 15 is 0 Å². The van der Waals surface area contributed by atoms with Crippen LogP contribution < -0.4 is 5.73 Å². The minimum absolute atomic E-state index is 0.166. The Hall–Kier alpha value is -2.69. The van der Waals surface area contributed by atoms with Gasteiger partial charge in [0.1, 0.15) is 0 Å². The fraction of sp³-hybridized carbons (Fsp3) is 0.188. The number of hydrogen-bond acceptors (Lipinski definition) is 4. The first-order chi connectivity index (χ1) is 10.2. The minimum atomic E-state index is 0.166. The summed E-state index contributed by atoms with van der Waals surface area (Å²) in [7, 11) is 0. The van der Waals surface area contributed by atoms with Gasteiger partial charge in [0.2, 0.25) is 0 Å². The van der Waals surface area contributed by atoms with Gasteiger partial charge in [-0.05, 0) is 41.5 Å². The molecule has 21 heavy (non-hydrogen) atoms. The Morgan fingerprint density at radius 1 is 1.10 bits per heavy atom. The Morgan fingerprint density at radius 3 is 2.67 bits per heavy atom. The summed E-state index contributed by atoms with van der Waals surface area (Å²) in [6.45, 7) is 2.11. The van der Waals surface area contributed by atoms with E-state index in [2.05, 4.69) is 34.6 Å². The van der Waals surface area contributed by atoms with Crippen LogP contribution in [0.15, 0.2) is 54.6 Å². The predicted molar refractivity (Wildman–Crippen MR) is 82.5 cm³/mol. The third kappa shape index (κ3) is 2.91. The van der Waals surface area contributed by atoms with Gasteiger partial charge in [-0.3, -0.25) is 0 Å². The Kier molecular flexibility index (Phi) is 3.64. The number of benzene rings is 2. The van der Waals surface area contributed by atoms with E-state index in [1.54, 1.807) is 0 Å². The van der Waals surface area contributed by atoms with E-state index in [4.69, 9.17) is 5.73 Å². The standard InChI is InChI=1S/C16H17N5/c1-12(10-13-6-3-2-4-7-13)21-16(18-19-20-21)14-8-5-9-15(17)11-14/h2-9,11-12H,10,17H2,1H3. The Morgan fingerprint density at radius 2 is 1.90 bits per heavy atom. The zero-order valence-corrected chi connectivity index (χ0v) is 11.8. The van der Waals surface area contributed by atoms with Crippen LogP contribution in [0.1, 0.15) is 18.5 Å². The van der Waals surface area contributed by atoms with E-state index in [9.17, 15) is 0 Å². The lowest BCUT2D eigenvalue weighted by Crippen LogP contribution is -2.11. The van der Waals surface area contributed by atoms with E-state index in [0.29, 0.717) is 5.69 Å². The second kappa shape index (κ2) is 5.75. The average molecular weight is 279 g/mol. The van der Waals surface area contributed by atoms with Crippen molar-refractivity contribution in [2.45, 2.75) is 19.4 Å². The number of rotatable bonds is 4. The molecule has 0 fully saturated rings. The van der Waals surface area contributed by atoms with Gasteiger partial charge in [0.05, 0.1) is 6.04 Å². The molecule has 0 aliphatic heterocycles. The molecule has 3 aromatic rings. The third-order valence-corrected chi connectivity index (χ3v) is 3.43. The highest BCUT2D eigenvalue weighted by Gasteiger charge is 2.15. The SMILES string of the molecule is CC(Cc1ccccc1)n1nnnc1-c1cccc(N)c1. The highest BCUT2D eigenvalue weighted by molar-refractivity contribution is 5.60. The van der Waals surface area contributed by atoms with E-state index in [1.807, 2.05) is 47.1 Å². The molecule has 0 aliphatic carbocycles. The fourth-order valence-corrected chi connectivity index (χ4v) is 2.40. The first kappa shape index (κ1) is 13.3. The molecule has 0 radical (unpaired) electrons. The summed E-state index contributed by atoms with van der Waals surface area (Å²) in [5, 5.41) is 12.1. The molecule has 0 saturated heterocycles. The van der Waals surface area contributed by atoms with Crippen molar-refractivity contribution in [3.8, 4) is 11.4 Å². The van der Waals surface area contributed by atoms with Crippen molar-refractivity contribution in [3.05, 3.63) is 60.2 Å². The number of hydrogen-bond donors (Lipinski definition) is 1. The molecule has 5 nitrogen and oxygen atoms in total. The van der Waals surface area contributed by atoms with Crippen molar-refractivity contribution in [1.29, 1.82) is 0 Å². The molecular weight excluding hydrogens is 262 g/mol. The summed E-state index contributed by atoms with van der Waals surface area (Å²) in [5.74, 6) is 0.741. The van der Waals surface area contributed by atoms with Crippen LogP contribution in [-0.4, -0.2) is 20.2 Å². The number of nitrogens with zero attached hydrogens (tertiary/aromatic N) is 4. The lowest BCUT2D eigenvalue weighted by Gasteiger charge is -2.13. The normalized spacial score (nSPS) is 12.2. The van der Waals surface area contributed by atoms with Gasteiger partial charge in [-0.15, -0.1) is 5.10 Å². The molecule has 1 aromatic heterocycles. The van der Waals surface area contributed by atoms with Gasteiger partial charge in [0.25, 0.3) is 0 Å². The predicted octanol–water partition coefficient (Wildman–Crippen LogP) is 2.73. The number of aromatic nitrogens is 4. The van der Waals surface area contributed by atoms with Crippen LogP contribution in [0.5, 0.6) is 0 Å². The summed E-state index contributed by atoms with van der Waals surface area (Å²) in [5.41, 5.74) is 8.74. The van der Waals surface area contributed by atoms with Crippen molar-refractivity contribution < 1.29 is 0 Å². The second-order valence-corrected chi connectivity index (χ2v) is 5.11. The molecular formula is C16H17N5. The number of nitrogens with two attached hydrogens (primary N) is 1. The van der Waals surface area contributed by atoms with Gasteiger partial charge in [-0.2, -0.15) is 0 Å². The van der Waals surface area contributed by atoms with Gasteiger partial charge in [0, 0.05) is 11.3 Å². The molecule has 2 aromatic carbocycles. The third-order valence-electron chi connectivity index (χ3n) is 3.43. The Bertz CT molecular complexity index is 720. The van der Waals surface area contributed by atoms with Crippen LogP contribution in [0.3, 0.4) is 0 Å². The van der Waals surface area contributed by atoms with Gasteiger partial charge in [0.15, 0.2) is 5.82 Å². The molecule has 1 heterocycles. The first-order valence-electron chi connectivity index (χ1n) is 6.92. The topological polar surface area (TPSA) is 69.6 Å². The van der Waals surface area contributed by atoms with Gasteiger partial charge >= 0.3 is 0 Å². The quantitative estimate of drug-likeness (QED) is 0.745. The van der Waals surface area contributed by atoms with Crippen molar-refractivity contribution in [3.63, 3.8) is 0 Å². The van der Waals surface area contributed by atoms with E-state index in [-0.39, 0.29) is 6.04 Å². The minimum Gasteiger partial charge on any atom is -0.399 e. The van der Waals surface area contributed by atoms with Crippen LogP contribution in [-0.2, 0) is 6.42 Å². The molecule has 0 aliphatic rings. The maximum absolute atomic E-state index is 5.84. The van der Waals surface area contributed by atoms with Crippen LogP contribution in [0.4, 0.5) is 5.69 Å². The number of tetrazole rings is 1. The summed E-state index contributed by atoms with van der Waals surface area (Å²) in [6, 6.07) is 18.1. The second-order valence-electron chi connectivity index (χ2n) is 5.11. The van der Waals surface area contributed by atoms with Gasteiger partial charge in [-0.25, -0.2) is 4.68 Å². The molecule has 106 valence electrons. The van der Waals surface area contributed by atoms with E-state index in [0.717, 1.165) is 17.8 Å². The molecule has 5 heteroatoms. The molecule has 2 N–H and O–H groups in total. The van der Waals surface area contributed by atoms with E-state index < -0.39 is 0 Å². The lowest BCUT2D eigenvalue weighted by molar-refractivity contribution is 0.479. The van der Waals surface area contributed by atoms with Crippen LogP contribution in [0.25, 0.3) is 11.4 Å². The zero-order valence-electron chi connectivity index (χ0n) is 11.8. The summed E-state index contributed by atoms with van der Waals surface area (Å²) < 4.78 is 1.85. The Balaban J connectivity index is 1.88. The van der Waals surface area contributed by atoms with Crippen LogP contribution in [0.2, 0.25) is 0 Å². The van der Waals surface area contributed by atoms with Crippen LogP contribution >= 0.6 is 0 Å².